The van der Waals surface area contributed by atoms with Crippen LogP contribution in [-0.4, -0.2) is 11.9 Å². The Morgan fingerprint density at radius 3 is 2.69 bits per heavy atom. The molecule has 0 aromatic heterocycles. The summed E-state index contributed by atoms with van der Waals surface area (Å²) in [5.41, 5.74) is -0.397. The van der Waals surface area contributed by atoms with E-state index in [2.05, 4.69) is 11.9 Å². The first-order valence-electron chi connectivity index (χ1n) is 5.04. The van der Waals surface area contributed by atoms with Crippen molar-refractivity contribution in [3.63, 3.8) is 0 Å². The highest BCUT2D eigenvalue weighted by atomic mass is 19.1. The molecule has 1 N–H and O–H groups in total. The summed E-state index contributed by atoms with van der Waals surface area (Å²) < 4.78 is 27.0. The Morgan fingerprint density at radius 1 is 1.44 bits per heavy atom. The summed E-state index contributed by atoms with van der Waals surface area (Å²) in [4.78, 5) is 11.6. The summed E-state index contributed by atoms with van der Waals surface area (Å²) in [5.74, 6) is -2.39. The molecule has 0 saturated heterocycles. The lowest BCUT2D eigenvalue weighted by molar-refractivity contribution is 0.0942. The Morgan fingerprint density at radius 2 is 2.12 bits per heavy atom. The number of carbonyl (C=O) groups is 1. The van der Waals surface area contributed by atoms with Gasteiger partial charge < -0.3 is 5.32 Å². The maximum atomic E-state index is 13.7. The van der Waals surface area contributed by atoms with Gasteiger partial charge in [0.25, 0.3) is 5.91 Å². The quantitative estimate of drug-likeness (QED) is 0.838. The van der Waals surface area contributed by atoms with Crippen LogP contribution in [0.3, 0.4) is 0 Å². The van der Waals surface area contributed by atoms with Crippen LogP contribution in [0.15, 0.2) is 18.7 Å². The molecule has 1 aromatic carbocycles. The van der Waals surface area contributed by atoms with Crippen molar-refractivity contribution in [2.24, 2.45) is 0 Å². The van der Waals surface area contributed by atoms with E-state index < -0.39 is 23.1 Å². The van der Waals surface area contributed by atoms with Crippen LogP contribution in [-0.2, 0) is 0 Å². The Bertz CT molecular complexity index is 453. The van der Waals surface area contributed by atoms with Crippen molar-refractivity contribution in [2.45, 2.75) is 18.9 Å². The lowest BCUT2D eigenvalue weighted by Gasteiger charge is -2.07. The first-order chi connectivity index (χ1) is 7.63. The van der Waals surface area contributed by atoms with Gasteiger partial charge in [0.05, 0.1) is 0 Å². The Balaban J connectivity index is 2.36. The summed E-state index contributed by atoms with van der Waals surface area (Å²) in [6.07, 6.45) is 2.99. The minimum Gasteiger partial charge on any atom is -0.349 e. The van der Waals surface area contributed by atoms with Crippen LogP contribution >= 0.6 is 0 Å². The normalized spacial score (nSPS) is 14.6. The predicted octanol–water partition coefficient (Wildman–Crippen LogP) is 2.50. The second-order valence-corrected chi connectivity index (χ2v) is 3.78. The highest BCUT2D eigenvalue weighted by Gasteiger charge is 2.27. The number of nitrogens with one attached hydrogen (secondary N) is 1. The first kappa shape index (κ1) is 10.8. The third kappa shape index (κ3) is 1.96. The summed E-state index contributed by atoms with van der Waals surface area (Å²) in [6, 6.07) is 2.40. The summed E-state index contributed by atoms with van der Waals surface area (Å²) in [5, 5.41) is 2.55. The molecule has 0 spiro atoms. The average molecular weight is 223 g/mol. The number of carbonyl (C=O) groups excluding carboxylic acids is 1. The number of hydrogen-bond donors (Lipinski definition) is 1. The van der Waals surface area contributed by atoms with Crippen molar-refractivity contribution in [1.82, 2.24) is 5.32 Å². The Hall–Kier alpha value is -1.71. The molecule has 0 unspecified atom stereocenters. The van der Waals surface area contributed by atoms with Crippen molar-refractivity contribution < 1.29 is 13.6 Å². The Kier molecular flexibility index (Phi) is 2.73. The summed E-state index contributed by atoms with van der Waals surface area (Å²) >= 11 is 0. The topological polar surface area (TPSA) is 29.1 Å². The van der Waals surface area contributed by atoms with Crippen LogP contribution in [0.4, 0.5) is 8.78 Å². The van der Waals surface area contributed by atoms with Crippen LogP contribution in [0.1, 0.15) is 28.8 Å². The van der Waals surface area contributed by atoms with Gasteiger partial charge in [-0.15, -0.1) is 0 Å². The minimum absolute atomic E-state index is 0.0682. The molecule has 2 rings (SSSR count). The number of amides is 1. The maximum absolute atomic E-state index is 13.7. The molecule has 1 aliphatic rings. The highest BCUT2D eigenvalue weighted by Crippen LogP contribution is 2.22. The predicted molar refractivity (Wildman–Crippen MR) is 56.9 cm³/mol. The summed E-state index contributed by atoms with van der Waals surface area (Å²) in [7, 11) is 0. The zero-order valence-corrected chi connectivity index (χ0v) is 8.59. The van der Waals surface area contributed by atoms with Gasteiger partial charge in [-0.25, -0.2) is 8.78 Å². The molecule has 1 aromatic rings. The van der Waals surface area contributed by atoms with Gasteiger partial charge in [0, 0.05) is 11.6 Å². The first-order valence-corrected chi connectivity index (χ1v) is 5.04. The van der Waals surface area contributed by atoms with Gasteiger partial charge >= 0.3 is 0 Å². The highest BCUT2D eigenvalue weighted by molar-refractivity contribution is 5.95. The van der Waals surface area contributed by atoms with E-state index in [0.29, 0.717) is 0 Å². The molecule has 0 radical (unpaired) electrons. The molecule has 84 valence electrons. The number of halogens is 2. The fraction of sp³-hybridized carbons (Fsp3) is 0.250. The van der Waals surface area contributed by atoms with Gasteiger partial charge in [-0.3, -0.25) is 4.79 Å². The molecule has 0 heterocycles. The van der Waals surface area contributed by atoms with Gasteiger partial charge in [0.1, 0.15) is 17.2 Å². The fourth-order valence-corrected chi connectivity index (χ4v) is 1.42. The second kappa shape index (κ2) is 4.04. The monoisotopic (exact) mass is 223 g/mol. The van der Waals surface area contributed by atoms with Gasteiger partial charge in [0.2, 0.25) is 0 Å². The van der Waals surface area contributed by atoms with Crippen LogP contribution in [0.5, 0.6) is 0 Å². The second-order valence-electron chi connectivity index (χ2n) is 3.78. The molecule has 0 atom stereocenters. The van der Waals surface area contributed by atoms with Gasteiger partial charge in [-0.1, -0.05) is 12.7 Å². The van der Waals surface area contributed by atoms with Crippen molar-refractivity contribution in [1.29, 1.82) is 0 Å². The molecule has 16 heavy (non-hydrogen) atoms. The molecule has 4 heteroatoms. The van der Waals surface area contributed by atoms with E-state index in [1.165, 1.54) is 12.1 Å². The maximum Gasteiger partial charge on any atom is 0.257 e. The van der Waals surface area contributed by atoms with Gasteiger partial charge in [-0.05, 0) is 25.0 Å². The number of rotatable bonds is 3. The van der Waals surface area contributed by atoms with E-state index in [-0.39, 0.29) is 11.6 Å². The van der Waals surface area contributed by atoms with Crippen LogP contribution in [0, 0.1) is 11.6 Å². The lowest BCUT2D eigenvalue weighted by Crippen LogP contribution is -2.27. The largest absolute Gasteiger partial charge is 0.349 e. The van der Waals surface area contributed by atoms with Crippen LogP contribution < -0.4 is 5.32 Å². The molecule has 0 bridgehead atoms. The fourth-order valence-electron chi connectivity index (χ4n) is 1.42. The zero-order valence-electron chi connectivity index (χ0n) is 8.59. The standard InChI is InChI=1S/C12H11F2NO/c1-2-7-3-6-9(13)10(11(7)14)12(16)15-8-4-5-8/h2-3,6,8H,1,4-5H2,(H,15,16). The van der Waals surface area contributed by atoms with Crippen molar-refractivity contribution in [3.05, 3.63) is 41.5 Å². The van der Waals surface area contributed by atoms with Gasteiger partial charge in [0.15, 0.2) is 0 Å². The molecule has 1 fully saturated rings. The zero-order chi connectivity index (χ0) is 11.7. The minimum atomic E-state index is -0.854. The van der Waals surface area contributed by atoms with E-state index >= 15 is 0 Å². The molecule has 1 aliphatic carbocycles. The smallest absolute Gasteiger partial charge is 0.257 e. The Labute approximate surface area is 92.0 Å². The van der Waals surface area contributed by atoms with E-state index in [1.807, 2.05) is 0 Å². The van der Waals surface area contributed by atoms with E-state index in [1.54, 1.807) is 0 Å². The molecule has 1 amide bonds. The van der Waals surface area contributed by atoms with Crippen molar-refractivity contribution >= 4 is 12.0 Å². The molecular formula is C12H11F2NO. The third-order valence-corrected chi connectivity index (χ3v) is 2.48. The van der Waals surface area contributed by atoms with Crippen molar-refractivity contribution in [3.8, 4) is 0 Å². The average Bonchev–Trinajstić information content (AvgIpc) is 3.02. The SMILES string of the molecule is C=Cc1ccc(F)c(C(=O)NC2CC2)c1F. The van der Waals surface area contributed by atoms with Crippen LogP contribution in [0.2, 0.25) is 0 Å². The van der Waals surface area contributed by atoms with E-state index in [0.717, 1.165) is 18.9 Å². The molecule has 1 saturated carbocycles. The number of hydrogen-bond acceptors (Lipinski definition) is 1. The molecule has 0 aliphatic heterocycles. The van der Waals surface area contributed by atoms with Crippen LogP contribution in [0.25, 0.3) is 6.08 Å². The van der Waals surface area contributed by atoms with E-state index in [4.69, 9.17) is 0 Å². The lowest BCUT2D eigenvalue weighted by atomic mass is 10.1. The van der Waals surface area contributed by atoms with E-state index in [9.17, 15) is 13.6 Å². The molecular weight excluding hydrogens is 212 g/mol. The number of benzene rings is 1. The van der Waals surface area contributed by atoms with Crippen molar-refractivity contribution in [2.75, 3.05) is 0 Å². The van der Waals surface area contributed by atoms with Gasteiger partial charge in [-0.2, -0.15) is 0 Å². The third-order valence-electron chi connectivity index (χ3n) is 2.48. The molecule has 2 nitrogen and oxygen atoms in total. The summed E-state index contributed by atoms with van der Waals surface area (Å²) in [6.45, 7) is 3.40.